The van der Waals surface area contributed by atoms with Gasteiger partial charge in [0.15, 0.2) is 5.76 Å². The summed E-state index contributed by atoms with van der Waals surface area (Å²) in [6, 6.07) is 11.6. The van der Waals surface area contributed by atoms with Crippen molar-refractivity contribution in [2.24, 2.45) is 0 Å². The molecule has 0 bridgehead atoms. The molecular weight excluding hydrogens is 321 g/mol. The first-order valence-corrected chi connectivity index (χ1v) is 8.35. The van der Waals surface area contributed by atoms with E-state index < -0.39 is 0 Å². The number of hydrogen-bond donors (Lipinski definition) is 0. The average molecular weight is 339 g/mol. The van der Waals surface area contributed by atoms with Gasteiger partial charge in [-0.1, -0.05) is 12.1 Å². The van der Waals surface area contributed by atoms with Crippen molar-refractivity contribution in [1.29, 1.82) is 0 Å². The minimum Gasteiger partial charge on any atom is -0.451 e. The molecule has 128 valence electrons. The number of carbonyl (C=O) groups is 1. The average Bonchev–Trinajstić information content (AvgIpc) is 3.37. The molecule has 1 aliphatic rings. The van der Waals surface area contributed by atoms with Crippen molar-refractivity contribution in [1.82, 2.24) is 14.7 Å². The Morgan fingerprint density at radius 1 is 1.24 bits per heavy atom. The van der Waals surface area contributed by atoms with Gasteiger partial charge in [-0.3, -0.25) is 9.48 Å². The van der Waals surface area contributed by atoms with Crippen LogP contribution in [-0.2, 0) is 6.54 Å². The molecular formula is C19H18FN3O2. The van der Waals surface area contributed by atoms with E-state index in [2.05, 4.69) is 5.10 Å². The monoisotopic (exact) mass is 339 g/mol. The van der Waals surface area contributed by atoms with E-state index in [1.807, 2.05) is 21.8 Å². The third-order valence-corrected chi connectivity index (χ3v) is 4.55. The van der Waals surface area contributed by atoms with Crippen LogP contribution in [0.2, 0.25) is 0 Å². The van der Waals surface area contributed by atoms with Crippen molar-refractivity contribution in [3.8, 4) is 11.3 Å². The summed E-state index contributed by atoms with van der Waals surface area (Å²) in [7, 11) is 0. The first-order chi connectivity index (χ1) is 12.2. The molecule has 2 aromatic heterocycles. The van der Waals surface area contributed by atoms with E-state index in [1.165, 1.54) is 6.07 Å². The van der Waals surface area contributed by atoms with Gasteiger partial charge in [0.05, 0.1) is 18.2 Å². The lowest BCUT2D eigenvalue weighted by Gasteiger charge is -2.23. The van der Waals surface area contributed by atoms with Gasteiger partial charge < -0.3 is 9.32 Å². The topological polar surface area (TPSA) is 51.3 Å². The Hall–Kier alpha value is -2.89. The predicted molar refractivity (Wildman–Crippen MR) is 90.4 cm³/mol. The lowest BCUT2D eigenvalue weighted by atomic mass is 10.1. The normalized spacial score (nSPS) is 17.2. The summed E-state index contributed by atoms with van der Waals surface area (Å²) >= 11 is 0. The molecule has 1 aliphatic heterocycles. The molecule has 0 saturated carbocycles. The number of halogens is 1. The fourth-order valence-corrected chi connectivity index (χ4v) is 3.32. The zero-order valence-corrected chi connectivity index (χ0v) is 13.6. The fraction of sp³-hybridized carbons (Fsp3) is 0.263. The minimum absolute atomic E-state index is 0.0920. The summed E-state index contributed by atoms with van der Waals surface area (Å²) in [5.74, 6) is 0.0840. The van der Waals surface area contributed by atoms with Crippen LogP contribution in [-0.4, -0.2) is 33.2 Å². The van der Waals surface area contributed by atoms with Crippen LogP contribution in [0.25, 0.3) is 11.3 Å². The maximum atomic E-state index is 13.9. The van der Waals surface area contributed by atoms with Crippen LogP contribution in [0, 0.1) is 5.82 Å². The SMILES string of the molecule is O=C(c1ccc(-c2ccccc2F)o1)N1CCCC1Cn1cccn1. The molecule has 1 amide bonds. The Morgan fingerprint density at radius 3 is 2.92 bits per heavy atom. The Morgan fingerprint density at radius 2 is 2.12 bits per heavy atom. The molecule has 0 radical (unpaired) electrons. The highest BCUT2D eigenvalue weighted by atomic mass is 19.1. The van der Waals surface area contributed by atoms with Crippen molar-refractivity contribution in [3.05, 3.63) is 66.4 Å². The molecule has 1 aromatic carbocycles. The van der Waals surface area contributed by atoms with Crippen LogP contribution >= 0.6 is 0 Å². The molecule has 0 N–H and O–H groups in total. The van der Waals surface area contributed by atoms with Gasteiger partial charge in [0, 0.05) is 18.9 Å². The number of carbonyl (C=O) groups excluding carboxylic acids is 1. The molecule has 6 heteroatoms. The Bertz CT molecular complexity index is 872. The molecule has 0 spiro atoms. The highest BCUT2D eigenvalue weighted by Crippen LogP contribution is 2.27. The molecule has 3 heterocycles. The van der Waals surface area contributed by atoms with Crippen LogP contribution in [0.1, 0.15) is 23.4 Å². The third kappa shape index (κ3) is 3.07. The van der Waals surface area contributed by atoms with Gasteiger partial charge in [-0.2, -0.15) is 5.10 Å². The van der Waals surface area contributed by atoms with Crippen LogP contribution in [0.5, 0.6) is 0 Å². The molecule has 1 atom stereocenters. The molecule has 5 nitrogen and oxygen atoms in total. The largest absolute Gasteiger partial charge is 0.451 e. The van der Waals surface area contributed by atoms with Gasteiger partial charge in [0.1, 0.15) is 11.6 Å². The standard InChI is InChI=1S/C19H18FN3O2/c20-16-7-2-1-6-15(16)17-8-9-18(25-17)19(24)23-12-3-5-14(23)13-22-11-4-10-21-22/h1-2,4,6-11,14H,3,5,12-13H2. The minimum atomic E-state index is -0.367. The van der Waals surface area contributed by atoms with E-state index >= 15 is 0 Å². The molecule has 4 rings (SSSR count). The first kappa shape index (κ1) is 15.6. The van der Waals surface area contributed by atoms with Crippen molar-refractivity contribution < 1.29 is 13.6 Å². The number of amides is 1. The molecule has 1 unspecified atom stereocenters. The van der Waals surface area contributed by atoms with E-state index in [0.717, 1.165) is 12.8 Å². The van der Waals surface area contributed by atoms with E-state index in [4.69, 9.17) is 4.42 Å². The summed E-state index contributed by atoms with van der Waals surface area (Å²) in [5.41, 5.74) is 0.357. The molecule has 0 aliphatic carbocycles. The van der Waals surface area contributed by atoms with Crippen LogP contribution in [0.15, 0.2) is 59.3 Å². The number of aromatic nitrogens is 2. The van der Waals surface area contributed by atoms with Crippen molar-refractivity contribution in [3.63, 3.8) is 0 Å². The Labute approximate surface area is 144 Å². The number of benzene rings is 1. The number of furan rings is 1. The smallest absolute Gasteiger partial charge is 0.289 e. The highest BCUT2D eigenvalue weighted by Gasteiger charge is 2.31. The van der Waals surface area contributed by atoms with E-state index in [-0.39, 0.29) is 23.5 Å². The van der Waals surface area contributed by atoms with Gasteiger partial charge in [-0.25, -0.2) is 4.39 Å². The maximum absolute atomic E-state index is 13.9. The van der Waals surface area contributed by atoms with E-state index in [1.54, 1.807) is 36.5 Å². The number of likely N-dealkylation sites (tertiary alicyclic amines) is 1. The highest BCUT2D eigenvalue weighted by molar-refractivity contribution is 5.92. The first-order valence-electron chi connectivity index (χ1n) is 8.35. The van der Waals surface area contributed by atoms with Gasteiger partial charge in [0.25, 0.3) is 5.91 Å². The summed E-state index contributed by atoms with van der Waals surface area (Å²) in [4.78, 5) is 14.6. The van der Waals surface area contributed by atoms with Gasteiger partial charge in [-0.05, 0) is 43.2 Å². The lowest BCUT2D eigenvalue weighted by Crippen LogP contribution is -2.38. The van der Waals surface area contributed by atoms with Crippen molar-refractivity contribution in [2.45, 2.75) is 25.4 Å². The van der Waals surface area contributed by atoms with E-state index in [9.17, 15) is 9.18 Å². The fourth-order valence-electron chi connectivity index (χ4n) is 3.32. The van der Waals surface area contributed by atoms with Crippen LogP contribution in [0.4, 0.5) is 4.39 Å². The maximum Gasteiger partial charge on any atom is 0.289 e. The van der Waals surface area contributed by atoms with Crippen LogP contribution in [0.3, 0.4) is 0 Å². The van der Waals surface area contributed by atoms with Crippen LogP contribution < -0.4 is 0 Å². The second-order valence-corrected chi connectivity index (χ2v) is 6.17. The summed E-state index contributed by atoms with van der Waals surface area (Å²) in [6.45, 7) is 1.36. The molecule has 3 aromatic rings. The Kier molecular flexibility index (Phi) is 4.09. The number of rotatable bonds is 4. The molecule has 25 heavy (non-hydrogen) atoms. The van der Waals surface area contributed by atoms with Gasteiger partial charge in [0.2, 0.25) is 0 Å². The number of hydrogen-bond acceptors (Lipinski definition) is 3. The molecule has 1 saturated heterocycles. The van der Waals surface area contributed by atoms with Crippen molar-refractivity contribution >= 4 is 5.91 Å². The zero-order chi connectivity index (χ0) is 17.2. The summed E-state index contributed by atoms with van der Waals surface area (Å²) in [5, 5.41) is 4.21. The summed E-state index contributed by atoms with van der Waals surface area (Å²) in [6.07, 6.45) is 5.52. The van der Waals surface area contributed by atoms with Gasteiger partial charge >= 0.3 is 0 Å². The van der Waals surface area contributed by atoms with Crippen molar-refractivity contribution in [2.75, 3.05) is 6.54 Å². The number of nitrogens with zero attached hydrogens (tertiary/aromatic N) is 3. The second kappa shape index (κ2) is 6.55. The predicted octanol–water partition coefficient (Wildman–Crippen LogP) is 3.59. The quantitative estimate of drug-likeness (QED) is 0.730. The Balaban J connectivity index is 1.54. The lowest BCUT2D eigenvalue weighted by molar-refractivity contribution is 0.0690. The molecule has 1 fully saturated rings. The summed E-state index contributed by atoms with van der Waals surface area (Å²) < 4.78 is 21.4. The van der Waals surface area contributed by atoms with Gasteiger partial charge in [-0.15, -0.1) is 0 Å². The zero-order valence-electron chi connectivity index (χ0n) is 13.6. The third-order valence-electron chi connectivity index (χ3n) is 4.55. The van der Waals surface area contributed by atoms with E-state index in [0.29, 0.717) is 24.4 Å². The second-order valence-electron chi connectivity index (χ2n) is 6.17.